The number of pyridine rings is 1. The fraction of sp³-hybridized carbons (Fsp3) is 0.426. The number of piperazine rings is 1. The number of aryl methyl sites for hydroxylation is 1. The third kappa shape index (κ3) is 11.6. The fourth-order valence-corrected chi connectivity index (χ4v) is 12.9. The van der Waals surface area contributed by atoms with Crippen molar-refractivity contribution in [3.8, 4) is 16.9 Å². The van der Waals surface area contributed by atoms with Gasteiger partial charge in [0, 0.05) is 68.4 Å². The number of nitrogens with zero attached hydrogens (tertiary/aromatic N) is 7. The number of rotatable bonds is 13. The molecule has 418 valence electrons. The van der Waals surface area contributed by atoms with Crippen molar-refractivity contribution in [3.63, 3.8) is 0 Å². The number of hydrogen-bond acceptors (Lipinski definition) is 13. The summed E-state index contributed by atoms with van der Waals surface area (Å²) in [6, 6.07) is 27.1. The van der Waals surface area contributed by atoms with Crippen molar-refractivity contribution < 1.29 is 41.8 Å². The number of fused-ring (bicyclic) bond motifs is 3. The molecule has 80 heavy (non-hydrogen) atoms. The topological polar surface area (TPSA) is 164 Å². The molecule has 4 aliphatic rings. The van der Waals surface area contributed by atoms with Crippen LogP contribution in [0.3, 0.4) is 0 Å². The van der Waals surface area contributed by atoms with E-state index in [1.54, 1.807) is 21.5 Å². The standard InChI is InChI=1S/C61H66F3N9O6S/c1-36-41(42-24-26-52(66-55(42)58(77)79-60(2,3)4)73-30-28-38-12-8-14-43(46(38)34-73)56(75)68-59-65-47-15-6-7-17-50(47)80-59)13-9-16-49(36)78-40-21-18-37(19-22-40)11-10-29-71-31-32-72(35-51(71)61(62,63)64)39-20-23-44-48(33-39)70(5)69-54(44)45-25-27-53(74)67-57(45)76/h6-9,12-17,20,23-24,26,33,37,40,45,51H,10-11,18-19,21-22,25,27-32,34-35H2,1-5H3,(H,65,68,75)(H,67,74,76)/t37?,40?,45-,51-/m1/s1. The van der Waals surface area contributed by atoms with Crippen LogP contribution in [-0.4, -0.2) is 105 Å². The highest BCUT2D eigenvalue weighted by Gasteiger charge is 2.46. The number of carbonyl (C=O) groups excluding carboxylic acids is 4. The van der Waals surface area contributed by atoms with Crippen molar-refractivity contribution in [1.29, 1.82) is 0 Å². The molecule has 3 amide bonds. The molecule has 2 N–H and O–H groups in total. The average molecular weight is 1110 g/mol. The molecule has 0 unspecified atom stereocenters. The van der Waals surface area contributed by atoms with Gasteiger partial charge in [-0.05, 0) is 168 Å². The summed E-state index contributed by atoms with van der Waals surface area (Å²) in [6.45, 7) is 9.39. The normalized spacial score (nSPS) is 20.2. The van der Waals surface area contributed by atoms with E-state index < -0.39 is 29.7 Å². The lowest BCUT2D eigenvalue weighted by atomic mass is 9.84. The molecule has 1 aliphatic carbocycles. The Morgan fingerprint density at radius 1 is 0.850 bits per heavy atom. The van der Waals surface area contributed by atoms with Gasteiger partial charge in [-0.15, -0.1) is 0 Å². The predicted octanol–water partition coefficient (Wildman–Crippen LogP) is 11.3. The van der Waals surface area contributed by atoms with E-state index in [1.165, 1.54) is 11.3 Å². The lowest BCUT2D eigenvalue weighted by Gasteiger charge is -2.43. The van der Waals surface area contributed by atoms with Crippen LogP contribution in [0, 0.1) is 12.8 Å². The summed E-state index contributed by atoms with van der Waals surface area (Å²) in [7, 11) is 1.75. The second-order valence-electron chi connectivity index (χ2n) is 22.7. The Labute approximate surface area is 466 Å². The number of benzene rings is 4. The highest BCUT2D eigenvalue weighted by atomic mass is 32.1. The number of para-hydroxylation sites is 1. The van der Waals surface area contributed by atoms with E-state index >= 15 is 0 Å². The summed E-state index contributed by atoms with van der Waals surface area (Å²) in [6.07, 6.45) is 1.75. The summed E-state index contributed by atoms with van der Waals surface area (Å²) in [4.78, 5) is 67.5. The molecular formula is C61H66F3N9O6S. The van der Waals surface area contributed by atoms with Gasteiger partial charge in [-0.1, -0.05) is 47.7 Å². The first-order valence-corrected chi connectivity index (χ1v) is 28.5. The number of thiazole rings is 1. The molecule has 3 aliphatic heterocycles. The van der Waals surface area contributed by atoms with E-state index in [-0.39, 0.29) is 49.0 Å². The Morgan fingerprint density at radius 2 is 1.65 bits per heavy atom. The summed E-state index contributed by atoms with van der Waals surface area (Å²) in [5.74, 6) is -0.367. The maximum Gasteiger partial charge on any atom is 0.405 e. The van der Waals surface area contributed by atoms with Crippen LogP contribution >= 0.6 is 11.3 Å². The Morgan fingerprint density at radius 3 is 2.42 bits per heavy atom. The maximum absolute atomic E-state index is 14.8. The van der Waals surface area contributed by atoms with Gasteiger partial charge < -0.3 is 19.3 Å². The van der Waals surface area contributed by atoms with Crippen LogP contribution in [0.25, 0.3) is 32.2 Å². The van der Waals surface area contributed by atoms with E-state index in [1.807, 2.05) is 113 Å². The van der Waals surface area contributed by atoms with Crippen LogP contribution in [0.15, 0.2) is 91.0 Å². The molecule has 2 atom stereocenters. The first kappa shape index (κ1) is 54.6. The number of aromatic nitrogens is 4. The van der Waals surface area contributed by atoms with Crippen molar-refractivity contribution in [2.75, 3.05) is 47.8 Å². The largest absolute Gasteiger partial charge is 0.490 e. The van der Waals surface area contributed by atoms with E-state index in [0.717, 1.165) is 70.0 Å². The van der Waals surface area contributed by atoms with Gasteiger partial charge in [-0.25, -0.2) is 14.8 Å². The maximum atomic E-state index is 14.8. The number of halogens is 3. The number of esters is 1. The van der Waals surface area contributed by atoms with Gasteiger partial charge in [0.1, 0.15) is 23.2 Å². The zero-order chi connectivity index (χ0) is 56.0. The number of hydrogen-bond donors (Lipinski definition) is 2. The van der Waals surface area contributed by atoms with Gasteiger partial charge in [0.25, 0.3) is 5.91 Å². The Bertz CT molecular complexity index is 3480. The van der Waals surface area contributed by atoms with Crippen LogP contribution in [0.4, 0.5) is 29.8 Å². The van der Waals surface area contributed by atoms with Gasteiger partial charge >= 0.3 is 12.1 Å². The van der Waals surface area contributed by atoms with E-state index in [4.69, 9.17) is 14.5 Å². The first-order valence-electron chi connectivity index (χ1n) is 27.7. The molecule has 0 spiro atoms. The highest BCUT2D eigenvalue weighted by Crippen LogP contribution is 2.40. The smallest absolute Gasteiger partial charge is 0.405 e. The first-order chi connectivity index (χ1) is 38.3. The van der Waals surface area contributed by atoms with Crippen molar-refractivity contribution in [2.24, 2.45) is 13.0 Å². The number of carbonyl (C=O) groups is 4. The molecule has 7 aromatic rings. The molecule has 11 rings (SSSR count). The summed E-state index contributed by atoms with van der Waals surface area (Å²) in [5.41, 5.74) is 6.98. The van der Waals surface area contributed by atoms with Crippen LogP contribution in [0.1, 0.15) is 121 Å². The number of piperidine rings is 1. The summed E-state index contributed by atoms with van der Waals surface area (Å²) < 4.78 is 59.7. The molecular weight excluding hydrogens is 1040 g/mol. The Hall–Kier alpha value is -7.38. The van der Waals surface area contributed by atoms with Crippen molar-refractivity contribution in [3.05, 3.63) is 125 Å². The minimum Gasteiger partial charge on any atom is -0.490 e. The third-order valence-electron chi connectivity index (χ3n) is 16.2. The zero-order valence-electron chi connectivity index (χ0n) is 45.7. The molecule has 15 nitrogen and oxygen atoms in total. The zero-order valence-corrected chi connectivity index (χ0v) is 46.5. The van der Waals surface area contributed by atoms with Crippen LogP contribution in [0.2, 0.25) is 0 Å². The lowest BCUT2D eigenvalue weighted by molar-refractivity contribution is -0.184. The number of amides is 3. The minimum absolute atomic E-state index is 0.0431. The molecule has 1 saturated carbocycles. The SMILES string of the molecule is Cc1c(OC2CCC(CCCN3CCN(c4ccc5c([C@H]6CCC(=O)NC6=O)nn(C)c5c4)C[C@@H]3C(F)(F)F)CC2)cccc1-c1ccc(N2CCc3cccc(C(=O)Nc4nc5ccccc5s4)c3C2)nc1C(=O)OC(C)(C)C. The van der Waals surface area contributed by atoms with Gasteiger partial charge in [0.2, 0.25) is 11.8 Å². The number of ether oxygens (including phenoxy) is 2. The molecule has 0 radical (unpaired) electrons. The molecule has 4 aromatic carbocycles. The second-order valence-corrected chi connectivity index (χ2v) is 23.7. The monoisotopic (exact) mass is 1110 g/mol. The highest BCUT2D eigenvalue weighted by molar-refractivity contribution is 7.22. The minimum atomic E-state index is -4.41. The Kier molecular flexibility index (Phi) is 15.2. The quantitative estimate of drug-likeness (QED) is 0.0831. The van der Waals surface area contributed by atoms with Crippen LogP contribution < -0.4 is 25.2 Å². The molecule has 2 saturated heterocycles. The average Bonchev–Trinajstić information content (AvgIpc) is 4.01. The van der Waals surface area contributed by atoms with Crippen LogP contribution in [0.5, 0.6) is 5.75 Å². The van der Waals surface area contributed by atoms with Crippen molar-refractivity contribution in [1.82, 2.24) is 30.0 Å². The molecule has 0 bridgehead atoms. The van der Waals surface area contributed by atoms with E-state index in [9.17, 15) is 32.3 Å². The summed E-state index contributed by atoms with van der Waals surface area (Å²) in [5, 5.41) is 11.3. The second kappa shape index (κ2) is 22.3. The molecule has 3 fully saturated rings. The van der Waals surface area contributed by atoms with Crippen molar-refractivity contribution >= 4 is 72.8 Å². The molecule has 19 heteroatoms. The molecule has 6 heterocycles. The predicted molar refractivity (Wildman–Crippen MR) is 303 cm³/mol. The van der Waals surface area contributed by atoms with Gasteiger partial charge in [-0.3, -0.25) is 34.6 Å². The van der Waals surface area contributed by atoms with E-state index in [0.29, 0.717) is 96.1 Å². The van der Waals surface area contributed by atoms with Gasteiger partial charge in [-0.2, -0.15) is 18.3 Å². The third-order valence-corrected chi connectivity index (χ3v) is 17.2. The number of anilines is 3. The number of alkyl halides is 3. The molecule has 3 aromatic heterocycles. The number of nitrogens with one attached hydrogen (secondary N) is 2. The van der Waals surface area contributed by atoms with Crippen molar-refractivity contribution in [2.45, 2.75) is 122 Å². The fourth-order valence-electron chi connectivity index (χ4n) is 12.1. The lowest BCUT2D eigenvalue weighted by Crippen LogP contribution is -2.59. The number of imide groups is 1. The summed E-state index contributed by atoms with van der Waals surface area (Å²) >= 11 is 1.43. The van der Waals surface area contributed by atoms with Crippen LogP contribution in [-0.2, 0) is 34.3 Å². The van der Waals surface area contributed by atoms with Gasteiger partial charge in [0.15, 0.2) is 10.8 Å². The Balaban J connectivity index is 0.714. The van der Waals surface area contributed by atoms with Gasteiger partial charge in [0.05, 0.1) is 33.4 Å². The van der Waals surface area contributed by atoms with E-state index in [2.05, 4.69) is 31.7 Å².